The molecule has 0 bridgehead atoms. The second-order valence-corrected chi connectivity index (χ2v) is 6.66. The Kier molecular flexibility index (Phi) is 5.59. The first-order chi connectivity index (χ1) is 12.6. The molecule has 1 aliphatic heterocycles. The highest BCUT2D eigenvalue weighted by atomic mass is 16.5. The van der Waals surface area contributed by atoms with Crippen LogP contribution in [0.5, 0.6) is 11.5 Å². The number of carbonyl (C=O) groups excluding carboxylic acids is 1. The third-order valence-electron chi connectivity index (χ3n) is 5.07. The monoisotopic (exact) mass is 355 g/mol. The summed E-state index contributed by atoms with van der Waals surface area (Å²) in [7, 11) is 3.13. The molecule has 0 unspecified atom stereocenters. The zero-order valence-corrected chi connectivity index (χ0v) is 15.3. The fourth-order valence-electron chi connectivity index (χ4n) is 3.44. The Morgan fingerprint density at radius 2 is 1.77 bits per heavy atom. The minimum Gasteiger partial charge on any atom is -0.497 e. The molecule has 1 aliphatic rings. The van der Waals surface area contributed by atoms with Crippen LogP contribution in [0.2, 0.25) is 0 Å². The Hall–Kier alpha value is -2.37. The number of ketones is 1. The van der Waals surface area contributed by atoms with Gasteiger partial charge in [0, 0.05) is 19.2 Å². The summed E-state index contributed by atoms with van der Waals surface area (Å²) in [5, 5.41) is 10.9. The number of hydrogen-bond acceptors (Lipinski definition) is 5. The first kappa shape index (κ1) is 18.4. The van der Waals surface area contributed by atoms with E-state index in [1.807, 2.05) is 30.3 Å². The molecular weight excluding hydrogens is 330 g/mol. The van der Waals surface area contributed by atoms with Crippen molar-refractivity contribution < 1.29 is 19.4 Å². The van der Waals surface area contributed by atoms with Gasteiger partial charge < -0.3 is 14.6 Å². The van der Waals surface area contributed by atoms with Crippen LogP contribution in [-0.4, -0.2) is 49.6 Å². The Bertz CT molecular complexity index is 752. The number of methoxy groups -OCH3 is 2. The third kappa shape index (κ3) is 3.89. The zero-order valence-electron chi connectivity index (χ0n) is 15.3. The highest BCUT2D eigenvalue weighted by Crippen LogP contribution is 2.33. The maximum Gasteiger partial charge on any atom is 0.180 e. The maximum absolute atomic E-state index is 12.7. The number of likely N-dealkylation sites (tertiary alicyclic amines) is 1. The molecule has 0 aliphatic carbocycles. The van der Waals surface area contributed by atoms with Crippen molar-refractivity contribution in [1.82, 2.24) is 4.90 Å². The van der Waals surface area contributed by atoms with E-state index in [-0.39, 0.29) is 5.78 Å². The van der Waals surface area contributed by atoms with Gasteiger partial charge in [-0.3, -0.25) is 9.69 Å². The van der Waals surface area contributed by atoms with Crippen LogP contribution >= 0.6 is 0 Å². The molecule has 0 atom stereocenters. The Morgan fingerprint density at radius 3 is 2.38 bits per heavy atom. The topological polar surface area (TPSA) is 59.0 Å². The summed E-state index contributed by atoms with van der Waals surface area (Å²) in [6, 6.07) is 15.0. The molecule has 1 N–H and O–H groups in total. The van der Waals surface area contributed by atoms with Crippen LogP contribution in [0.25, 0.3) is 0 Å². The molecule has 2 aromatic carbocycles. The smallest absolute Gasteiger partial charge is 0.180 e. The van der Waals surface area contributed by atoms with Gasteiger partial charge in [-0.15, -0.1) is 0 Å². The number of carbonyl (C=O) groups is 1. The third-order valence-corrected chi connectivity index (χ3v) is 5.07. The van der Waals surface area contributed by atoms with E-state index in [9.17, 15) is 9.90 Å². The van der Waals surface area contributed by atoms with Crippen LogP contribution in [-0.2, 0) is 5.60 Å². The van der Waals surface area contributed by atoms with E-state index in [1.165, 1.54) is 0 Å². The lowest BCUT2D eigenvalue weighted by molar-refractivity contribution is -0.0245. The van der Waals surface area contributed by atoms with Gasteiger partial charge >= 0.3 is 0 Å². The van der Waals surface area contributed by atoms with E-state index in [0.717, 1.165) is 5.56 Å². The van der Waals surface area contributed by atoms with E-state index < -0.39 is 5.60 Å². The summed E-state index contributed by atoms with van der Waals surface area (Å²) in [5.41, 5.74) is 0.693. The van der Waals surface area contributed by atoms with Crippen molar-refractivity contribution in [2.45, 2.75) is 18.4 Å². The number of nitrogens with zero attached hydrogens (tertiary/aromatic N) is 1. The molecule has 5 heteroatoms. The van der Waals surface area contributed by atoms with E-state index in [0.29, 0.717) is 49.5 Å². The summed E-state index contributed by atoms with van der Waals surface area (Å²) < 4.78 is 10.5. The second-order valence-electron chi connectivity index (χ2n) is 6.66. The molecule has 26 heavy (non-hydrogen) atoms. The van der Waals surface area contributed by atoms with E-state index in [1.54, 1.807) is 32.4 Å². The molecule has 1 fully saturated rings. The van der Waals surface area contributed by atoms with Crippen molar-refractivity contribution in [2.24, 2.45) is 0 Å². The minimum atomic E-state index is -0.807. The summed E-state index contributed by atoms with van der Waals surface area (Å²) in [5.74, 6) is 1.19. The number of hydrogen-bond donors (Lipinski definition) is 1. The van der Waals surface area contributed by atoms with Gasteiger partial charge in [-0.25, -0.2) is 0 Å². The molecular formula is C21H25NO4. The van der Waals surface area contributed by atoms with Gasteiger partial charge in [0.05, 0.1) is 31.9 Å². The van der Waals surface area contributed by atoms with Gasteiger partial charge in [-0.2, -0.15) is 0 Å². The highest BCUT2D eigenvalue weighted by Gasteiger charge is 2.34. The number of Topliss-reactive ketones (excluding diaryl/α,β-unsaturated/α-hetero) is 1. The minimum absolute atomic E-state index is 0.00894. The van der Waals surface area contributed by atoms with Crippen molar-refractivity contribution in [3.05, 3.63) is 59.7 Å². The zero-order chi connectivity index (χ0) is 18.6. The number of piperidine rings is 1. The van der Waals surface area contributed by atoms with Gasteiger partial charge in [0.15, 0.2) is 5.78 Å². The molecule has 0 amide bonds. The first-order valence-electron chi connectivity index (χ1n) is 8.81. The van der Waals surface area contributed by atoms with Gasteiger partial charge in [0.2, 0.25) is 0 Å². The lowest BCUT2D eigenvalue weighted by Gasteiger charge is -2.38. The van der Waals surface area contributed by atoms with Crippen molar-refractivity contribution in [1.29, 1.82) is 0 Å². The fraction of sp³-hybridized carbons (Fsp3) is 0.381. The highest BCUT2D eigenvalue weighted by molar-refractivity contribution is 6.00. The lowest BCUT2D eigenvalue weighted by atomic mass is 9.84. The number of ether oxygens (including phenoxy) is 2. The standard InChI is InChI=1S/C21H25NO4/c1-25-17-8-9-18(20(14-17)26-2)19(23)15-22-12-10-21(24,11-13-22)16-6-4-3-5-7-16/h3-9,14,24H,10-13,15H2,1-2H3. The van der Waals surface area contributed by atoms with Crippen LogP contribution in [0.15, 0.2) is 48.5 Å². The van der Waals surface area contributed by atoms with E-state index in [2.05, 4.69) is 4.90 Å². The van der Waals surface area contributed by atoms with Gasteiger partial charge in [-0.05, 0) is 30.5 Å². The Labute approximate surface area is 154 Å². The second kappa shape index (κ2) is 7.89. The van der Waals surface area contributed by atoms with Crippen molar-refractivity contribution >= 4 is 5.78 Å². The van der Waals surface area contributed by atoms with Crippen LogP contribution < -0.4 is 9.47 Å². The predicted molar refractivity (Wildman–Crippen MR) is 99.9 cm³/mol. The molecule has 0 saturated carbocycles. The average Bonchev–Trinajstić information content (AvgIpc) is 2.70. The molecule has 0 spiro atoms. The number of aliphatic hydroxyl groups is 1. The Balaban J connectivity index is 1.64. The predicted octanol–water partition coefficient (Wildman–Crippen LogP) is 2.87. The molecule has 138 valence electrons. The SMILES string of the molecule is COc1ccc(C(=O)CN2CCC(O)(c3ccccc3)CC2)c(OC)c1. The quantitative estimate of drug-likeness (QED) is 0.808. The summed E-state index contributed by atoms with van der Waals surface area (Å²) in [6.45, 7) is 1.67. The Morgan fingerprint density at radius 1 is 1.08 bits per heavy atom. The van der Waals surface area contributed by atoms with Crippen LogP contribution in [0.4, 0.5) is 0 Å². The summed E-state index contributed by atoms with van der Waals surface area (Å²) in [4.78, 5) is 14.8. The first-order valence-corrected chi connectivity index (χ1v) is 8.81. The number of rotatable bonds is 6. The summed E-state index contributed by atoms with van der Waals surface area (Å²) >= 11 is 0. The molecule has 0 aromatic heterocycles. The van der Waals surface area contributed by atoms with Gasteiger partial charge in [0.25, 0.3) is 0 Å². The van der Waals surface area contributed by atoms with Gasteiger partial charge in [0.1, 0.15) is 11.5 Å². The molecule has 1 saturated heterocycles. The van der Waals surface area contributed by atoms with Crippen molar-refractivity contribution in [3.8, 4) is 11.5 Å². The lowest BCUT2D eigenvalue weighted by Crippen LogP contribution is -2.44. The molecule has 3 rings (SSSR count). The fourth-order valence-corrected chi connectivity index (χ4v) is 3.44. The molecule has 1 heterocycles. The van der Waals surface area contributed by atoms with Crippen LogP contribution in [0.3, 0.4) is 0 Å². The largest absolute Gasteiger partial charge is 0.497 e. The number of benzene rings is 2. The van der Waals surface area contributed by atoms with E-state index in [4.69, 9.17) is 9.47 Å². The maximum atomic E-state index is 12.7. The summed E-state index contributed by atoms with van der Waals surface area (Å²) in [6.07, 6.45) is 1.23. The van der Waals surface area contributed by atoms with Crippen molar-refractivity contribution in [3.63, 3.8) is 0 Å². The van der Waals surface area contributed by atoms with Gasteiger partial charge in [-0.1, -0.05) is 30.3 Å². The average molecular weight is 355 g/mol. The molecule has 2 aromatic rings. The normalized spacial score (nSPS) is 16.9. The van der Waals surface area contributed by atoms with Crippen LogP contribution in [0, 0.1) is 0 Å². The molecule has 0 radical (unpaired) electrons. The molecule has 5 nitrogen and oxygen atoms in total. The van der Waals surface area contributed by atoms with E-state index >= 15 is 0 Å². The van der Waals surface area contributed by atoms with Crippen molar-refractivity contribution in [2.75, 3.05) is 33.9 Å². The van der Waals surface area contributed by atoms with Crippen LogP contribution in [0.1, 0.15) is 28.8 Å².